The van der Waals surface area contributed by atoms with Gasteiger partial charge >= 0.3 is 0 Å². The predicted octanol–water partition coefficient (Wildman–Crippen LogP) is 2.89. The Morgan fingerprint density at radius 2 is 2.00 bits per heavy atom. The summed E-state index contributed by atoms with van der Waals surface area (Å²) >= 11 is 0. The molecule has 0 aromatic carbocycles. The first-order valence-corrected chi connectivity index (χ1v) is 6.77. The van der Waals surface area contributed by atoms with Crippen LogP contribution < -0.4 is 0 Å². The Balaban J connectivity index is 2.13. The first kappa shape index (κ1) is 13.1. The van der Waals surface area contributed by atoms with E-state index in [1.165, 1.54) is 6.42 Å². The summed E-state index contributed by atoms with van der Waals surface area (Å²) in [5, 5.41) is 19.9. The number of fused-ring (bicyclic) bond motifs is 2. The molecule has 0 spiro atoms. The van der Waals surface area contributed by atoms with Gasteiger partial charge in [0.1, 0.15) is 0 Å². The molecule has 2 N–H and O–H groups in total. The molecule has 2 fully saturated rings. The minimum atomic E-state index is -0.729. The maximum absolute atomic E-state index is 10.2. The molecule has 2 aliphatic carbocycles. The molecule has 0 aromatic heterocycles. The summed E-state index contributed by atoms with van der Waals surface area (Å²) < 4.78 is 0. The monoisotopic (exact) mass is 238 g/mol. The van der Waals surface area contributed by atoms with Crippen LogP contribution in [-0.4, -0.2) is 21.9 Å². The van der Waals surface area contributed by atoms with E-state index >= 15 is 0 Å². The van der Waals surface area contributed by atoms with E-state index in [1.54, 1.807) is 13.8 Å². The van der Waals surface area contributed by atoms with Gasteiger partial charge in [-0.05, 0) is 56.3 Å². The molecule has 0 aliphatic heterocycles. The molecule has 2 aliphatic rings. The quantitative estimate of drug-likeness (QED) is 0.742. The zero-order valence-corrected chi connectivity index (χ0v) is 11.5. The highest BCUT2D eigenvalue weighted by Crippen LogP contribution is 2.67. The van der Waals surface area contributed by atoms with E-state index in [0.29, 0.717) is 5.92 Å². The smallest absolute Gasteiger partial charge is 0.0771 e. The Hall–Kier alpha value is -0.340. The first-order valence-electron chi connectivity index (χ1n) is 6.77. The Bertz CT molecular complexity index is 328. The minimum absolute atomic E-state index is 0.0710. The Morgan fingerprint density at radius 3 is 2.41 bits per heavy atom. The van der Waals surface area contributed by atoms with Crippen LogP contribution in [0.1, 0.15) is 53.4 Å². The van der Waals surface area contributed by atoms with Gasteiger partial charge in [0.15, 0.2) is 0 Å². The summed E-state index contributed by atoms with van der Waals surface area (Å²) in [6.07, 6.45) is 8.17. The zero-order valence-electron chi connectivity index (χ0n) is 11.5. The molecule has 2 heteroatoms. The molecule has 4 atom stereocenters. The van der Waals surface area contributed by atoms with E-state index in [2.05, 4.69) is 19.9 Å². The third-order valence-electron chi connectivity index (χ3n) is 5.53. The van der Waals surface area contributed by atoms with Crippen LogP contribution in [0.4, 0.5) is 0 Å². The Kier molecular flexibility index (Phi) is 2.95. The molecule has 2 saturated carbocycles. The maximum Gasteiger partial charge on any atom is 0.0771 e. The van der Waals surface area contributed by atoms with Crippen LogP contribution >= 0.6 is 0 Å². The predicted molar refractivity (Wildman–Crippen MR) is 69.6 cm³/mol. The summed E-state index contributed by atoms with van der Waals surface area (Å²) in [5.41, 5.74) is -0.455. The fourth-order valence-electron chi connectivity index (χ4n) is 3.99. The third-order valence-corrected chi connectivity index (χ3v) is 5.53. The molecule has 98 valence electrons. The van der Waals surface area contributed by atoms with Crippen LogP contribution in [-0.2, 0) is 0 Å². The van der Waals surface area contributed by atoms with E-state index in [1.807, 2.05) is 6.08 Å². The molecule has 0 radical (unpaired) electrons. The molecule has 0 unspecified atom stereocenters. The number of allylic oxidation sites excluding steroid dienone is 1. The van der Waals surface area contributed by atoms with Gasteiger partial charge in [-0.1, -0.05) is 26.0 Å². The SMILES string of the molecule is CC(C)(O)/C=C/C[C@]1(C)[C@@H]2CC[C@@]1(C)[C@H](O)C2. The largest absolute Gasteiger partial charge is 0.393 e. The Morgan fingerprint density at radius 1 is 1.35 bits per heavy atom. The van der Waals surface area contributed by atoms with Crippen molar-refractivity contribution < 1.29 is 10.2 Å². The Labute approximate surface area is 105 Å². The van der Waals surface area contributed by atoms with Gasteiger partial charge < -0.3 is 10.2 Å². The van der Waals surface area contributed by atoms with Gasteiger partial charge in [-0.25, -0.2) is 0 Å². The van der Waals surface area contributed by atoms with Crippen molar-refractivity contribution >= 4 is 0 Å². The van der Waals surface area contributed by atoms with Gasteiger partial charge in [-0.2, -0.15) is 0 Å². The maximum atomic E-state index is 10.2. The molecule has 0 aromatic rings. The lowest BCUT2D eigenvalue weighted by molar-refractivity contribution is 0.00624. The molecule has 0 heterocycles. The number of hydrogen-bond acceptors (Lipinski definition) is 2. The van der Waals surface area contributed by atoms with Gasteiger partial charge in [-0.3, -0.25) is 0 Å². The average Bonchev–Trinajstić information content (AvgIpc) is 2.50. The average molecular weight is 238 g/mol. The summed E-state index contributed by atoms with van der Waals surface area (Å²) in [5.74, 6) is 0.647. The van der Waals surface area contributed by atoms with Gasteiger partial charge in [0.05, 0.1) is 11.7 Å². The van der Waals surface area contributed by atoms with Crippen molar-refractivity contribution in [3.8, 4) is 0 Å². The highest BCUT2D eigenvalue weighted by Gasteiger charge is 2.62. The van der Waals surface area contributed by atoms with Gasteiger partial charge in [0, 0.05) is 0 Å². The van der Waals surface area contributed by atoms with E-state index in [0.717, 1.165) is 19.3 Å². The number of hydrogen-bond donors (Lipinski definition) is 2. The molecular formula is C15H26O2. The van der Waals surface area contributed by atoms with Crippen LogP contribution in [0.2, 0.25) is 0 Å². The van der Waals surface area contributed by atoms with Crippen molar-refractivity contribution in [2.24, 2.45) is 16.7 Å². The number of rotatable bonds is 3. The van der Waals surface area contributed by atoms with Crippen LogP contribution in [0.15, 0.2) is 12.2 Å². The lowest BCUT2D eigenvalue weighted by Crippen LogP contribution is -2.37. The zero-order chi connectivity index (χ0) is 12.9. The lowest BCUT2D eigenvalue weighted by Gasteiger charge is -2.39. The highest BCUT2D eigenvalue weighted by molar-refractivity contribution is 5.15. The van der Waals surface area contributed by atoms with Crippen molar-refractivity contribution in [1.29, 1.82) is 0 Å². The number of aliphatic hydroxyl groups excluding tert-OH is 1. The second-order valence-corrected chi connectivity index (χ2v) is 7.08. The second-order valence-electron chi connectivity index (χ2n) is 7.08. The summed E-state index contributed by atoms with van der Waals surface area (Å²) in [6.45, 7) is 8.15. The summed E-state index contributed by atoms with van der Waals surface area (Å²) in [6, 6.07) is 0. The lowest BCUT2D eigenvalue weighted by atomic mass is 9.66. The van der Waals surface area contributed by atoms with E-state index in [9.17, 15) is 10.2 Å². The summed E-state index contributed by atoms with van der Waals surface area (Å²) in [7, 11) is 0. The minimum Gasteiger partial charge on any atom is -0.393 e. The molecule has 2 nitrogen and oxygen atoms in total. The van der Waals surface area contributed by atoms with Crippen LogP contribution in [0.5, 0.6) is 0 Å². The molecular weight excluding hydrogens is 212 g/mol. The van der Waals surface area contributed by atoms with Crippen molar-refractivity contribution in [2.45, 2.75) is 65.1 Å². The van der Waals surface area contributed by atoms with Gasteiger partial charge in [0.2, 0.25) is 0 Å². The fraction of sp³-hybridized carbons (Fsp3) is 0.867. The third kappa shape index (κ3) is 1.96. The van der Waals surface area contributed by atoms with Gasteiger partial charge in [0.25, 0.3) is 0 Å². The normalized spacial score (nSPS) is 46.0. The van der Waals surface area contributed by atoms with Crippen molar-refractivity contribution in [2.75, 3.05) is 0 Å². The molecule has 2 bridgehead atoms. The van der Waals surface area contributed by atoms with Crippen LogP contribution in [0.3, 0.4) is 0 Å². The first-order chi connectivity index (χ1) is 7.69. The fourth-order valence-corrected chi connectivity index (χ4v) is 3.99. The molecule has 17 heavy (non-hydrogen) atoms. The van der Waals surface area contributed by atoms with Crippen molar-refractivity contribution in [1.82, 2.24) is 0 Å². The second kappa shape index (κ2) is 3.83. The molecule has 0 amide bonds. The highest BCUT2D eigenvalue weighted by atomic mass is 16.3. The molecule has 0 saturated heterocycles. The van der Waals surface area contributed by atoms with Gasteiger partial charge in [-0.15, -0.1) is 0 Å². The molecule has 2 rings (SSSR count). The van der Waals surface area contributed by atoms with E-state index < -0.39 is 5.60 Å². The summed E-state index contributed by atoms with van der Waals surface area (Å²) in [4.78, 5) is 0. The van der Waals surface area contributed by atoms with Crippen LogP contribution in [0, 0.1) is 16.7 Å². The van der Waals surface area contributed by atoms with Crippen molar-refractivity contribution in [3.05, 3.63) is 12.2 Å². The topological polar surface area (TPSA) is 40.5 Å². The van der Waals surface area contributed by atoms with E-state index in [4.69, 9.17) is 0 Å². The van der Waals surface area contributed by atoms with Crippen LogP contribution in [0.25, 0.3) is 0 Å². The van der Waals surface area contributed by atoms with Crippen molar-refractivity contribution in [3.63, 3.8) is 0 Å². The standard InChI is InChI=1S/C15H26O2/c1-13(2,17)7-5-8-14(3)11-6-9-15(14,4)12(16)10-11/h5,7,11-12,16-17H,6,8-10H2,1-4H3/b7-5+/t11-,12-,14-,15+/m1/s1. The van der Waals surface area contributed by atoms with E-state index in [-0.39, 0.29) is 16.9 Å². The number of aliphatic hydroxyl groups is 2.